The number of aromatic nitrogens is 4. The highest BCUT2D eigenvalue weighted by molar-refractivity contribution is 5.83. The molecule has 30 heavy (non-hydrogen) atoms. The molecule has 158 valence electrons. The number of imidazole rings is 1. The minimum atomic E-state index is -0.820. The zero-order chi connectivity index (χ0) is 21.4. The van der Waals surface area contributed by atoms with Gasteiger partial charge in [-0.1, -0.05) is 0 Å². The predicted octanol–water partition coefficient (Wildman–Crippen LogP) is 2.19. The van der Waals surface area contributed by atoms with Crippen molar-refractivity contribution in [3.8, 4) is 17.3 Å². The van der Waals surface area contributed by atoms with Gasteiger partial charge in [-0.2, -0.15) is 9.78 Å². The molecular weight excluding hydrogens is 395 g/mol. The van der Waals surface area contributed by atoms with E-state index in [0.717, 1.165) is 4.68 Å². The summed E-state index contributed by atoms with van der Waals surface area (Å²) in [5, 5.41) is 13.4. The molecule has 0 radical (unpaired) electrons. The summed E-state index contributed by atoms with van der Waals surface area (Å²) in [7, 11) is 0. The molecule has 3 heterocycles. The summed E-state index contributed by atoms with van der Waals surface area (Å²) < 4.78 is 20.4. The number of hydrogen-bond acceptors (Lipinski definition) is 6. The van der Waals surface area contributed by atoms with Crippen molar-refractivity contribution < 1.29 is 23.8 Å². The molecule has 1 amide bonds. The Morgan fingerprint density at radius 3 is 2.70 bits per heavy atom. The van der Waals surface area contributed by atoms with E-state index < -0.39 is 23.7 Å². The van der Waals surface area contributed by atoms with Crippen LogP contribution >= 0.6 is 0 Å². The molecule has 3 aromatic rings. The van der Waals surface area contributed by atoms with E-state index in [2.05, 4.69) is 15.1 Å². The highest BCUT2D eigenvalue weighted by atomic mass is 19.1. The monoisotopic (exact) mass is 416 g/mol. The molecule has 1 saturated heterocycles. The first-order chi connectivity index (χ1) is 14.4. The topological polar surface area (TPSA) is 139 Å². The number of carbonyl (C=O) groups excluding carboxylic acids is 1. The SMILES string of the molecule is CCOc1cc2nc(-c3cc(N4CCC(C(=O)O)CC4)n(C(N)=O)n3)[nH]c2cc1F. The van der Waals surface area contributed by atoms with Gasteiger partial charge < -0.3 is 25.5 Å². The number of fused-ring (bicyclic) bond motifs is 1. The number of primary amides is 1. The third kappa shape index (κ3) is 3.53. The van der Waals surface area contributed by atoms with E-state index in [9.17, 15) is 19.1 Å². The highest BCUT2D eigenvalue weighted by Gasteiger charge is 2.28. The first-order valence-corrected chi connectivity index (χ1v) is 9.57. The number of nitrogens with one attached hydrogen (secondary N) is 1. The van der Waals surface area contributed by atoms with Gasteiger partial charge in [0.2, 0.25) is 0 Å². The number of rotatable bonds is 5. The second-order valence-electron chi connectivity index (χ2n) is 7.06. The number of piperidine rings is 1. The number of aromatic amines is 1. The number of carbonyl (C=O) groups is 2. The number of hydrogen-bond donors (Lipinski definition) is 3. The fourth-order valence-corrected chi connectivity index (χ4v) is 3.63. The average Bonchev–Trinajstić information content (AvgIpc) is 3.33. The van der Waals surface area contributed by atoms with Crippen molar-refractivity contribution in [2.24, 2.45) is 11.7 Å². The lowest BCUT2D eigenvalue weighted by molar-refractivity contribution is -0.142. The van der Waals surface area contributed by atoms with E-state index in [1.54, 1.807) is 13.0 Å². The molecule has 2 aromatic heterocycles. The molecule has 1 aliphatic heterocycles. The molecule has 0 unspecified atom stereocenters. The summed E-state index contributed by atoms with van der Waals surface area (Å²) in [5.74, 6) is -0.824. The first kappa shape index (κ1) is 19.7. The molecule has 4 N–H and O–H groups in total. The molecular formula is C19H21FN6O4. The molecule has 0 saturated carbocycles. The highest BCUT2D eigenvalue weighted by Crippen LogP contribution is 2.30. The Balaban J connectivity index is 1.67. The summed E-state index contributed by atoms with van der Waals surface area (Å²) in [5.41, 5.74) is 6.79. The van der Waals surface area contributed by atoms with E-state index >= 15 is 0 Å². The molecule has 0 atom stereocenters. The van der Waals surface area contributed by atoms with Gasteiger partial charge in [-0.25, -0.2) is 14.2 Å². The molecule has 1 fully saturated rings. The number of ether oxygens (including phenoxy) is 1. The number of nitrogens with two attached hydrogens (primary N) is 1. The molecule has 1 aliphatic rings. The van der Waals surface area contributed by atoms with Gasteiger partial charge in [-0.3, -0.25) is 4.79 Å². The van der Waals surface area contributed by atoms with Crippen LogP contribution in [-0.4, -0.2) is 56.6 Å². The average molecular weight is 416 g/mol. The van der Waals surface area contributed by atoms with Gasteiger partial charge in [0.1, 0.15) is 11.5 Å². The first-order valence-electron chi connectivity index (χ1n) is 9.57. The Bertz CT molecular complexity index is 1120. The van der Waals surface area contributed by atoms with Crippen molar-refractivity contribution >= 4 is 28.9 Å². The standard InChI is InChI=1S/C19H21FN6O4/c1-2-30-15-8-13-12(7-11(15)20)22-17(23-13)14-9-16(26(24-14)19(21)29)25-5-3-10(4-6-25)18(27)28/h7-10H,2-6H2,1H3,(H2,21,29)(H,22,23)(H,27,28). The number of carboxylic acids is 1. The lowest BCUT2D eigenvalue weighted by Gasteiger charge is -2.31. The largest absolute Gasteiger partial charge is 0.491 e. The van der Waals surface area contributed by atoms with Gasteiger partial charge in [-0.05, 0) is 19.8 Å². The molecule has 0 aliphatic carbocycles. The van der Waals surface area contributed by atoms with Gasteiger partial charge in [0.05, 0.1) is 23.6 Å². The molecule has 0 bridgehead atoms. The number of anilines is 1. The molecule has 4 rings (SSSR count). The van der Waals surface area contributed by atoms with Crippen LogP contribution in [0.25, 0.3) is 22.6 Å². The summed E-state index contributed by atoms with van der Waals surface area (Å²) in [4.78, 5) is 32.4. The van der Waals surface area contributed by atoms with Crippen LogP contribution in [0.1, 0.15) is 19.8 Å². The fourth-order valence-electron chi connectivity index (χ4n) is 3.63. The third-order valence-corrected chi connectivity index (χ3v) is 5.15. The number of benzene rings is 1. The Hall–Kier alpha value is -3.63. The summed E-state index contributed by atoms with van der Waals surface area (Å²) in [6.07, 6.45) is 0.914. The Morgan fingerprint density at radius 1 is 1.33 bits per heavy atom. The number of H-pyrrole nitrogens is 1. The molecule has 1 aromatic carbocycles. The maximum Gasteiger partial charge on any atom is 0.341 e. The van der Waals surface area contributed by atoms with E-state index in [-0.39, 0.29) is 5.75 Å². The van der Waals surface area contributed by atoms with Crippen LogP contribution in [0.5, 0.6) is 5.75 Å². The zero-order valence-electron chi connectivity index (χ0n) is 16.3. The van der Waals surface area contributed by atoms with Crippen molar-refractivity contribution in [2.75, 3.05) is 24.6 Å². The lowest BCUT2D eigenvalue weighted by atomic mass is 9.97. The summed E-state index contributed by atoms with van der Waals surface area (Å²) >= 11 is 0. The summed E-state index contributed by atoms with van der Waals surface area (Å²) in [6, 6.07) is 3.68. The van der Waals surface area contributed by atoms with Gasteiger partial charge in [0.25, 0.3) is 0 Å². The third-order valence-electron chi connectivity index (χ3n) is 5.15. The maximum atomic E-state index is 14.1. The summed E-state index contributed by atoms with van der Waals surface area (Å²) in [6.45, 7) is 3.00. The van der Waals surface area contributed by atoms with E-state index in [4.69, 9.17) is 10.5 Å². The number of nitrogens with zero attached hydrogens (tertiary/aromatic N) is 4. The van der Waals surface area contributed by atoms with Crippen molar-refractivity contribution in [3.05, 3.63) is 24.0 Å². The van der Waals surface area contributed by atoms with Crippen molar-refractivity contribution in [1.29, 1.82) is 0 Å². The smallest absolute Gasteiger partial charge is 0.341 e. The van der Waals surface area contributed by atoms with E-state index in [1.165, 1.54) is 12.1 Å². The number of halogens is 1. The fraction of sp³-hybridized carbons (Fsp3) is 0.368. The van der Waals surface area contributed by atoms with Gasteiger partial charge in [0.15, 0.2) is 17.4 Å². The number of aliphatic carboxylic acids is 1. The van der Waals surface area contributed by atoms with Crippen molar-refractivity contribution in [1.82, 2.24) is 19.7 Å². The van der Waals surface area contributed by atoms with Crippen molar-refractivity contribution in [2.45, 2.75) is 19.8 Å². The van der Waals surface area contributed by atoms with E-state index in [1.807, 2.05) is 4.90 Å². The van der Waals surface area contributed by atoms with Crippen LogP contribution in [0.15, 0.2) is 18.2 Å². The van der Waals surface area contributed by atoms with Crippen LogP contribution < -0.4 is 15.4 Å². The van der Waals surface area contributed by atoms with Crippen LogP contribution in [0.2, 0.25) is 0 Å². The van der Waals surface area contributed by atoms with Crippen LogP contribution in [-0.2, 0) is 4.79 Å². The second-order valence-corrected chi connectivity index (χ2v) is 7.06. The quantitative estimate of drug-likeness (QED) is 0.579. The van der Waals surface area contributed by atoms with Crippen LogP contribution in [0, 0.1) is 11.7 Å². The second kappa shape index (κ2) is 7.65. The predicted molar refractivity (Wildman–Crippen MR) is 106 cm³/mol. The lowest BCUT2D eigenvalue weighted by Crippen LogP contribution is -2.38. The van der Waals surface area contributed by atoms with Gasteiger partial charge >= 0.3 is 12.0 Å². The normalized spacial score (nSPS) is 14.9. The number of amides is 1. The minimum absolute atomic E-state index is 0.104. The van der Waals surface area contributed by atoms with Crippen LogP contribution in [0.3, 0.4) is 0 Å². The Kier molecular flexibility index (Phi) is 5.02. The van der Waals surface area contributed by atoms with E-state index in [0.29, 0.717) is 60.9 Å². The Labute approximate surface area is 170 Å². The van der Waals surface area contributed by atoms with Gasteiger partial charge in [0, 0.05) is 31.3 Å². The van der Waals surface area contributed by atoms with Crippen LogP contribution in [0.4, 0.5) is 15.0 Å². The van der Waals surface area contributed by atoms with Gasteiger partial charge in [-0.15, -0.1) is 0 Å². The Morgan fingerprint density at radius 2 is 2.07 bits per heavy atom. The molecule has 11 heteroatoms. The minimum Gasteiger partial charge on any atom is -0.491 e. The zero-order valence-corrected chi connectivity index (χ0v) is 16.3. The number of carboxylic acid groups (broad SMARTS) is 1. The molecule has 10 nitrogen and oxygen atoms in total. The maximum absolute atomic E-state index is 14.1. The molecule has 0 spiro atoms. The van der Waals surface area contributed by atoms with Crippen molar-refractivity contribution in [3.63, 3.8) is 0 Å².